The lowest BCUT2D eigenvalue weighted by molar-refractivity contribution is 0.102. The number of carbonyl (C=O) groups is 1. The highest BCUT2D eigenvalue weighted by molar-refractivity contribution is 6.33. The molecule has 3 N–H and O–H groups in total. The summed E-state index contributed by atoms with van der Waals surface area (Å²) >= 11 is 5.79. The van der Waals surface area contributed by atoms with Crippen LogP contribution in [0.5, 0.6) is 0 Å². The van der Waals surface area contributed by atoms with Gasteiger partial charge in [-0.1, -0.05) is 16.8 Å². The Bertz CT molecular complexity index is 607. The van der Waals surface area contributed by atoms with Gasteiger partial charge in [-0.3, -0.25) is 10.1 Å². The van der Waals surface area contributed by atoms with E-state index in [0.29, 0.717) is 22.2 Å². The molecule has 0 saturated carbocycles. The fraction of sp³-hybridized carbons (Fsp3) is 0.167. The molecule has 0 radical (unpaired) electrons. The van der Waals surface area contributed by atoms with Crippen LogP contribution in [-0.2, 0) is 0 Å². The van der Waals surface area contributed by atoms with Gasteiger partial charge in [-0.2, -0.15) is 0 Å². The van der Waals surface area contributed by atoms with Gasteiger partial charge in [-0.05, 0) is 32.0 Å². The summed E-state index contributed by atoms with van der Waals surface area (Å²) < 4.78 is 5.00. The molecule has 0 aliphatic rings. The van der Waals surface area contributed by atoms with Crippen LogP contribution in [0.1, 0.15) is 21.6 Å². The topological polar surface area (TPSA) is 81.2 Å². The van der Waals surface area contributed by atoms with E-state index < -0.39 is 0 Å². The molecule has 1 amide bonds. The van der Waals surface area contributed by atoms with Crippen LogP contribution in [0, 0.1) is 13.8 Å². The minimum absolute atomic E-state index is 0.322. The number of aromatic nitrogens is 1. The van der Waals surface area contributed by atoms with Crippen LogP contribution < -0.4 is 11.1 Å². The zero-order valence-electron chi connectivity index (χ0n) is 9.95. The van der Waals surface area contributed by atoms with Gasteiger partial charge in [0, 0.05) is 11.1 Å². The maximum absolute atomic E-state index is 11.9. The predicted octanol–water partition coefficient (Wildman–Crippen LogP) is 2.78. The molecule has 0 spiro atoms. The van der Waals surface area contributed by atoms with Crippen LogP contribution in [0.3, 0.4) is 0 Å². The molecular weight excluding hydrogens is 254 g/mol. The van der Waals surface area contributed by atoms with Crippen LogP contribution >= 0.6 is 11.6 Å². The van der Waals surface area contributed by atoms with Gasteiger partial charge >= 0.3 is 0 Å². The number of halogens is 1. The average Bonchev–Trinajstić information content (AvgIpc) is 2.64. The summed E-state index contributed by atoms with van der Waals surface area (Å²) in [6.45, 7) is 3.62. The van der Waals surface area contributed by atoms with Gasteiger partial charge in [0.1, 0.15) is 0 Å². The largest absolute Gasteiger partial charge is 0.398 e. The van der Waals surface area contributed by atoms with Crippen molar-refractivity contribution in [1.29, 1.82) is 0 Å². The molecule has 18 heavy (non-hydrogen) atoms. The Morgan fingerprint density at radius 2 is 2.17 bits per heavy atom. The van der Waals surface area contributed by atoms with Crippen molar-refractivity contribution in [2.75, 3.05) is 11.1 Å². The molecule has 94 valence electrons. The Kier molecular flexibility index (Phi) is 3.25. The van der Waals surface area contributed by atoms with Crippen molar-refractivity contribution in [3.05, 3.63) is 40.0 Å². The van der Waals surface area contributed by atoms with Crippen LogP contribution in [-0.4, -0.2) is 11.1 Å². The normalized spacial score (nSPS) is 10.4. The van der Waals surface area contributed by atoms with Crippen molar-refractivity contribution in [2.45, 2.75) is 13.8 Å². The Labute approximate surface area is 109 Å². The van der Waals surface area contributed by atoms with E-state index in [4.69, 9.17) is 21.9 Å². The van der Waals surface area contributed by atoms with Crippen LogP contribution in [0.15, 0.2) is 22.7 Å². The van der Waals surface area contributed by atoms with Crippen molar-refractivity contribution in [1.82, 2.24) is 5.16 Å². The minimum atomic E-state index is -0.322. The molecule has 1 aromatic carbocycles. The summed E-state index contributed by atoms with van der Waals surface area (Å²) in [5.74, 6) is 0.0173. The quantitative estimate of drug-likeness (QED) is 0.818. The lowest BCUT2D eigenvalue weighted by atomic mass is 10.2. The number of carbonyl (C=O) groups excluding carboxylic acids is 1. The minimum Gasteiger partial charge on any atom is -0.398 e. The molecule has 1 heterocycles. The van der Waals surface area contributed by atoms with Crippen molar-refractivity contribution in [2.24, 2.45) is 0 Å². The molecule has 5 nitrogen and oxygen atoms in total. The molecule has 6 heteroatoms. The van der Waals surface area contributed by atoms with E-state index in [1.807, 2.05) is 6.92 Å². The Balaban J connectivity index is 2.22. The molecule has 0 aliphatic carbocycles. The number of amides is 1. The second-order valence-corrected chi connectivity index (χ2v) is 4.32. The Hall–Kier alpha value is -2.01. The van der Waals surface area contributed by atoms with Crippen LogP contribution in [0.25, 0.3) is 0 Å². The summed E-state index contributed by atoms with van der Waals surface area (Å²) in [5, 5.41) is 6.80. The lowest BCUT2D eigenvalue weighted by Crippen LogP contribution is -2.12. The number of anilines is 2. The zero-order valence-corrected chi connectivity index (χ0v) is 10.7. The van der Waals surface area contributed by atoms with Gasteiger partial charge in [0.05, 0.1) is 16.4 Å². The molecule has 0 unspecified atom stereocenters. The Morgan fingerprint density at radius 3 is 2.72 bits per heavy atom. The van der Waals surface area contributed by atoms with Crippen LogP contribution in [0.2, 0.25) is 5.02 Å². The van der Waals surface area contributed by atoms with E-state index in [0.717, 1.165) is 11.3 Å². The summed E-state index contributed by atoms with van der Waals surface area (Å²) in [4.78, 5) is 11.9. The van der Waals surface area contributed by atoms with Gasteiger partial charge < -0.3 is 10.3 Å². The number of nitrogens with two attached hydrogens (primary N) is 1. The van der Waals surface area contributed by atoms with E-state index in [1.165, 1.54) is 6.07 Å². The first-order chi connectivity index (χ1) is 8.49. The highest BCUT2D eigenvalue weighted by Gasteiger charge is 2.13. The number of aryl methyl sites for hydroxylation is 1. The molecule has 2 aromatic rings. The number of benzene rings is 1. The Morgan fingerprint density at radius 1 is 1.44 bits per heavy atom. The van der Waals surface area contributed by atoms with Gasteiger partial charge in [0.2, 0.25) is 5.88 Å². The summed E-state index contributed by atoms with van der Waals surface area (Å²) in [7, 11) is 0. The molecule has 0 bridgehead atoms. The molecule has 1 aromatic heterocycles. The third-order valence-electron chi connectivity index (χ3n) is 2.64. The molecular formula is C12H12ClN3O2. The number of nitrogen functional groups attached to an aromatic ring is 1. The molecule has 0 aliphatic heterocycles. The van der Waals surface area contributed by atoms with Gasteiger partial charge in [0.15, 0.2) is 0 Å². The highest BCUT2D eigenvalue weighted by Crippen LogP contribution is 2.22. The zero-order chi connectivity index (χ0) is 13.3. The van der Waals surface area contributed by atoms with Crippen molar-refractivity contribution in [3.63, 3.8) is 0 Å². The fourth-order valence-corrected chi connectivity index (χ4v) is 1.51. The van der Waals surface area contributed by atoms with Crippen molar-refractivity contribution < 1.29 is 9.32 Å². The first-order valence-corrected chi connectivity index (χ1v) is 5.66. The number of hydrogen-bond acceptors (Lipinski definition) is 4. The molecule has 0 saturated heterocycles. The summed E-state index contributed by atoms with van der Waals surface area (Å²) in [5.41, 5.74) is 7.94. The second-order valence-electron chi connectivity index (χ2n) is 3.91. The van der Waals surface area contributed by atoms with E-state index in [-0.39, 0.29) is 5.91 Å². The maximum Gasteiger partial charge on any atom is 0.258 e. The SMILES string of the molecule is Cc1noc(NC(=O)c2ccc(Cl)c(N)c2)c1C. The monoisotopic (exact) mass is 265 g/mol. The average molecular weight is 266 g/mol. The standard InChI is InChI=1S/C12H12ClN3O2/c1-6-7(2)16-18-12(6)15-11(17)8-3-4-9(13)10(14)5-8/h3-5H,14H2,1-2H3,(H,15,17). The number of rotatable bonds is 2. The second kappa shape index (κ2) is 4.70. The first-order valence-electron chi connectivity index (χ1n) is 5.28. The smallest absolute Gasteiger partial charge is 0.258 e. The first kappa shape index (κ1) is 12.4. The van der Waals surface area contributed by atoms with Crippen molar-refractivity contribution >= 4 is 29.1 Å². The third kappa shape index (κ3) is 2.31. The molecule has 0 fully saturated rings. The molecule has 2 rings (SSSR count). The van der Waals surface area contributed by atoms with Crippen LogP contribution in [0.4, 0.5) is 11.6 Å². The molecule has 0 atom stereocenters. The van der Waals surface area contributed by atoms with E-state index in [2.05, 4.69) is 10.5 Å². The van der Waals surface area contributed by atoms with E-state index in [1.54, 1.807) is 19.1 Å². The number of hydrogen-bond donors (Lipinski definition) is 2. The number of nitrogens with zero attached hydrogens (tertiary/aromatic N) is 1. The predicted molar refractivity (Wildman–Crippen MR) is 69.8 cm³/mol. The van der Waals surface area contributed by atoms with Gasteiger partial charge in [0.25, 0.3) is 5.91 Å². The van der Waals surface area contributed by atoms with E-state index >= 15 is 0 Å². The maximum atomic E-state index is 11.9. The third-order valence-corrected chi connectivity index (χ3v) is 2.99. The summed E-state index contributed by atoms with van der Waals surface area (Å²) in [6.07, 6.45) is 0. The van der Waals surface area contributed by atoms with Gasteiger partial charge in [-0.15, -0.1) is 0 Å². The van der Waals surface area contributed by atoms with Crippen molar-refractivity contribution in [3.8, 4) is 0 Å². The van der Waals surface area contributed by atoms with Gasteiger partial charge in [-0.25, -0.2) is 0 Å². The van der Waals surface area contributed by atoms with E-state index in [9.17, 15) is 4.79 Å². The fourth-order valence-electron chi connectivity index (χ4n) is 1.39. The highest BCUT2D eigenvalue weighted by atomic mass is 35.5. The summed E-state index contributed by atoms with van der Waals surface area (Å²) in [6, 6.07) is 4.67. The number of nitrogens with one attached hydrogen (secondary N) is 1. The lowest BCUT2D eigenvalue weighted by Gasteiger charge is -2.04.